The zero-order valence-electron chi connectivity index (χ0n) is 14.2. The van der Waals surface area contributed by atoms with Gasteiger partial charge in [0.2, 0.25) is 5.91 Å². The molecule has 0 aliphatic carbocycles. The van der Waals surface area contributed by atoms with Crippen molar-refractivity contribution in [3.63, 3.8) is 0 Å². The van der Waals surface area contributed by atoms with Gasteiger partial charge >= 0.3 is 0 Å². The Kier molecular flexibility index (Phi) is 6.42. The van der Waals surface area contributed by atoms with Gasteiger partial charge in [0, 0.05) is 30.3 Å². The summed E-state index contributed by atoms with van der Waals surface area (Å²) in [6, 6.07) is 9.85. The summed E-state index contributed by atoms with van der Waals surface area (Å²) in [6.07, 6.45) is 1.09. The summed E-state index contributed by atoms with van der Waals surface area (Å²) in [4.78, 5) is 32.7. The van der Waals surface area contributed by atoms with Crippen molar-refractivity contribution in [2.75, 3.05) is 11.9 Å². The van der Waals surface area contributed by atoms with Crippen molar-refractivity contribution < 1.29 is 24.4 Å². The quantitative estimate of drug-likeness (QED) is 0.384. The smallest absolute Gasteiger partial charge is 0.277 e. The first kappa shape index (κ1) is 19.4. The Morgan fingerprint density at radius 2 is 1.96 bits per heavy atom. The first-order valence-electron chi connectivity index (χ1n) is 7.65. The highest BCUT2D eigenvalue weighted by molar-refractivity contribution is 5.88. The van der Waals surface area contributed by atoms with Crippen molar-refractivity contribution in [2.45, 2.75) is 6.92 Å². The van der Waals surface area contributed by atoms with Crippen molar-refractivity contribution in [1.29, 1.82) is 0 Å². The van der Waals surface area contributed by atoms with Crippen LogP contribution in [0.15, 0.2) is 47.6 Å². The molecule has 2 aromatic rings. The Hall–Kier alpha value is -3.95. The summed E-state index contributed by atoms with van der Waals surface area (Å²) in [5, 5.41) is 26.6. The summed E-state index contributed by atoms with van der Waals surface area (Å²) in [6.45, 7) is 1.07. The van der Waals surface area contributed by atoms with E-state index in [9.17, 15) is 24.8 Å². The van der Waals surface area contributed by atoms with Crippen LogP contribution in [0.25, 0.3) is 0 Å². The maximum atomic E-state index is 11.7. The van der Waals surface area contributed by atoms with Crippen LogP contribution in [0.1, 0.15) is 12.5 Å². The maximum absolute atomic E-state index is 11.7. The van der Waals surface area contributed by atoms with E-state index in [0.29, 0.717) is 11.4 Å². The summed E-state index contributed by atoms with van der Waals surface area (Å²) < 4.78 is 5.27. The number of phenolic OH excluding ortho intramolecular Hbond substituents is 1. The zero-order chi connectivity index (χ0) is 19.8. The number of aromatic hydroxyl groups is 1. The number of hydrogen-bond acceptors (Lipinski definition) is 7. The third-order valence-corrected chi connectivity index (χ3v) is 3.16. The Bertz CT molecular complexity index is 879. The molecule has 0 heterocycles. The minimum atomic E-state index is -0.611. The number of carbonyl (C=O) groups is 2. The van der Waals surface area contributed by atoms with E-state index in [1.807, 2.05) is 0 Å². The van der Waals surface area contributed by atoms with Crippen LogP contribution >= 0.6 is 0 Å². The number of non-ortho nitro benzene ring substituents is 1. The van der Waals surface area contributed by atoms with Crippen molar-refractivity contribution in [3.8, 4) is 11.5 Å². The number of anilines is 1. The van der Waals surface area contributed by atoms with Crippen LogP contribution in [0.3, 0.4) is 0 Å². The first-order valence-corrected chi connectivity index (χ1v) is 7.65. The van der Waals surface area contributed by atoms with E-state index in [1.165, 1.54) is 6.92 Å². The van der Waals surface area contributed by atoms with E-state index in [2.05, 4.69) is 15.8 Å². The lowest BCUT2D eigenvalue weighted by molar-refractivity contribution is -0.384. The van der Waals surface area contributed by atoms with Gasteiger partial charge in [-0.1, -0.05) is 0 Å². The largest absolute Gasteiger partial charge is 0.507 e. The van der Waals surface area contributed by atoms with Crippen LogP contribution in [-0.2, 0) is 9.59 Å². The molecule has 0 saturated carbocycles. The lowest BCUT2D eigenvalue weighted by Crippen LogP contribution is -2.24. The molecule has 0 saturated heterocycles. The standard InChI is InChI=1S/C17H16N4O6/c1-11(22)19-13-2-5-15(6-3-13)27-10-17(24)20-18-9-12-8-14(21(25)26)4-7-16(12)23/h2-9,23H,10H2,1H3,(H,19,22)(H,20,24)/b18-9-. The molecule has 0 aliphatic rings. The molecule has 10 heteroatoms. The molecule has 0 fully saturated rings. The number of benzene rings is 2. The number of hydrogen-bond donors (Lipinski definition) is 3. The van der Waals surface area contributed by atoms with Crippen LogP contribution in [0.2, 0.25) is 0 Å². The highest BCUT2D eigenvalue weighted by Gasteiger charge is 2.09. The van der Waals surface area contributed by atoms with Crippen molar-refractivity contribution >= 4 is 29.4 Å². The second kappa shape index (κ2) is 8.94. The van der Waals surface area contributed by atoms with Crippen LogP contribution in [0, 0.1) is 10.1 Å². The van der Waals surface area contributed by atoms with E-state index in [0.717, 1.165) is 24.4 Å². The number of nitrogens with zero attached hydrogens (tertiary/aromatic N) is 2. The third-order valence-electron chi connectivity index (χ3n) is 3.16. The molecular weight excluding hydrogens is 356 g/mol. The topological polar surface area (TPSA) is 143 Å². The van der Waals surface area contributed by atoms with Gasteiger partial charge in [-0.15, -0.1) is 0 Å². The van der Waals surface area contributed by atoms with E-state index in [4.69, 9.17) is 4.74 Å². The fourth-order valence-corrected chi connectivity index (χ4v) is 1.95. The number of phenols is 1. The number of ether oxygens (including phenoxy) is 1. The molecule has 2 amide bonds. The molecule has 0 spiro atoms. The van der Waals surface area contributed by atoms with Crippen molar-refractivity contribution in [3.05, 3.63) is 58.1 Å². The Morgan fingerprint density at radius 1 is 1.26 bits per heavy atom. The number of amides is 2. The molecule has 27 heavy (non-hydrogen) atoms. The number of nitrogens with one attached hydrogen (secondary N) is 2. The second-order valence-electron chi connectivity index (χ2n) is 5.29. The molecule has 10 nitrogen and oxygen atoms in total. The highest BCUT2D eigenvalue weighted by atomic mass is 16.6. The number of nitro benzene ring substituents is 1. The number of hydrazone groups is 1. The summed E-state index contributed by atoms with van der Waals surface area (Å²) in [5.41, 5.74) is 2.65. The van der Waals surface area contributed by atoms with Gasteiger partial charge in [-0.2, -0.15) is 5.10 Å². The molecule has 2 aromatic carbocycles. The fourth-order valence-electron chi connectivity index (χ4n) is 1.95. The highest BCUT2D eigenvalue weighted by Crippen LogP contribution is 2.21. The molecule has 0 aliphatic heterocycles. The van der Waals surface area contributed by atoms with E-state index >= 15 is 0 Å². The summed E-state index contributed by atoms with van der Waals surface area (Å²) in [7, 11) is 0. The minimum absolute atomic E-state index is 0.0824. The molecule has 140 valence electrons. The van der Waals surface area contributed by atoms with Gasteiger partial charge in [-0.25, -0.2) is 5.43 Å². The number of carbonyl (C=O) groups excluding carboxylic acids is 2. The normalized spacial score (nSPS) is 10.4. The fraction of sp³-hybridized carbons (Fsp3) is 0.118. The monoisotopic (exact) mass is 372 g/mol. The zero-order valence-corrected chi connectivity index (χ0v) is 14.2. The molecule has 0 radical (unpaired) electrons. The van der Waals surface area contributed by atoms with E-state index in [-0.39, 0.29) is 29.5 Å². The lowest BCUT2D eigenvalue weighted by atomic mass is 10.2. The van der Waals surface area contributed by atoms with Gasteiger partial charge in [-0.05, 0) is 30.3 Å². The van der Waals surface area contributed by atoms with Crippen LogP contribution in [0.4, 0.5) is 11.4 Å². The number of nitro groups is 1. The SMILES string of the molecule is CC(=O)Nc1ccc(OCC(=O)N/N=C\c2cc([N+](=O)[O-])ccc2O)cc1. The lowest BCUT2D eigenvalue weighted by Gasteiger charge is -2.06. The molecule has 2 rings (SSSR count). The van der Waals surface area contributed by atoms with Gasteiger partial charge in [0.15, 0.2) is 6.61 Å². The van der Waals surface area contributed by atoms with Crippen LogP contribution in [0.5, 0.6) is 11.5 Å². The van der Waals surface area contributed by atoms with Crippen LogP contribution in [-0.4, -0.2) is 34.7 Å². The molecular formula is C17H16N4O6. The van der Waals surface area contributed by atoms with Gasteiger partial charge < -0.3 is 15.2 Å². The third kappa shape index (κ3) is 6.12. The first-order chi connectivity index (χ1) is 12.8. The van der Waals surface area contributed by atoms with E-state index in [1.54, 1.807) is 24.3 Å². The average Bonchev–Trinajstić information content (AvgIpc) is 2.62. The van der Waals surface area contributed by atoms with Gasteiger partial charge in [0.05, 0.1) is 11.1 Å². The summed E-state index contributed by atoms with van der Waals surface area (Å²) in [5.74, 6) is -0.563. The Morgan fingerprint density at radius 3 is 2.59 bits per heavy atom. The molecule has 0 aromatic heterocycles. The van der Waals surface area contributed by atoms with Crippen LogP contribution < -0.4 is 15.5 Å². The van der Waals surface area contributed by atoms with E-state index < -0.39 is 10.8 Å². The molecule has 0 bridgehead atoms. The minimum Gasteiger partial charge on any atom is -0.507 e. The van der Waals surface area contributed by atoms with Crippen molar-refractivity contribution in [1.82, 2.24) is 5.43 Å². The maximum Gasteiger partial charge on any atom is 0.277 e. The Labute approximate surface area is 153 Å². The van der Waals surface area contributed by atoms with Gasteiger partial charge in [0.25, 0.3) is 11.6 Å². The van der Waals surface area contributed by atoms with Gasteiger partial charge in [0.1, 0.15) is 11.5 Å². The molecule has 3 N–H and O–H groups in total. The predicted octanol–water partition coefficient (Wildman–Crippen LogP) is 1.79. The summed E-state index contributed by atoms with van der Waals surface area (Å²) >= 11 is 0. The molecule has 0 atom stereocenters. The average molecular weight is 372 g/mol. The number of rotatable bonds is 7. The van der Waals surface area contributed by atoms with Crippen molar-refractivity contribution in [2.24, 2.45) is 5.10 Å². The van der Waals surface area contributed by atoms with Gasteiger partial charge in [-0.3, -0.25) is 19.7 Å². The predicted molar refractivity (Wildman–Crippen MR) is 96.7 cm³/mol. The second-order valence-corrected chi connectivity index (χ2v) is 5.29. The molecule has 0 unspecified atom stereocenters. The Balaban J connectivity index is 1.86.